The van der Waals surface area contributed by atoms with Crippen LogP contribution in [-0.2, 0) is 16.0 Å². The molecule has 1 aromatic carbocycles. The van der Waals surface area contributed by atoms with Gasteiger partial charge in [0.2, 0.25) is 5.91 Å². The van der Waals surface area contributed by atoms with Gasteiger partial charge in [-0.25, -0.2) is 4.98 Å². The maximum absolute atomic E-state index is 11.8. The van der Waals surface area contributed by atoms with Crippen molar-refractivity contribution in [2.24, 2.45) is 0 Å². The van der Waals surface area contributed by atoms with Gasteiger partial charge >= 0.3 is 5.97 Å². The number of hydrogen-bond acceptors (Lipinski definition) is 4. The van der Waals surface area contributed by atoms with Gasteiger partial charge < -0.3 is 14.8 Å². The normalized spacial score (nSPS) is 10.7. The topological polar surface area (TPSA) is 92.4 Å². The molecule has 0 aliphatic carbocycles. The summed E-state index contributed by atoms with van der Waals surface area (Å²) in [6.07, 6.45) is 4.55. The van der Waals surface area contributed by atoms with Crippen LogP contribution in [0.5, 0.6) is 0 Å². The quantitative estimate of drug-likeness (QED) is 0.580. The second-order valence-corrected chi connectivity index (χ2v) is 6.64. The van der Waals surface area contributed by atoms with Crippen LogP contribution in [0.3, 0.4) is 0 Å². The predicted molar refractivity (Wildman–Crippen MR) is 99.4 cm³/mol. The number of carboxylic acids is 1. The average molecular weight is 399 g/mol. The summed E-state index contributed by atoms with van der Waals surface area (Å²) in [4.78, 5) is 26.4. The molecule has 0 bridgehead atoms. The van der Waals surface area contributed by atoms with Crippen LogP contribution in [0.4, 0.5) is 0 Å². The minimum absolute atomic E-state index is 0.0903. The second kappa shape index (κ2) is 10.2. The van der Waals surface area contributed by atoms with Gasteiger partial charge in [0.05, 0.1) is 11.2 Å². The van der Waals surface area contributed by atoms with E-state index in [0.29, 0.717) is 46.6 Å². The van der Waals surface area contributed by atoms with Crippen molar-refractivity contribution in [1.82, 2.24) is 10.3 Å². The Morgan fingerprint density at radius 3 is 2.69 bits per heavy atom. The number of benzene rings is 1. The second-order valence-electron chi connectivity index (χ2n) is 5.80. The van der Waals surface area contributed by atoms with E-state index in [-0.39, 0.29) is 18.7 Å². The standard InChI is InChI=1S/C18H20Cl2N2O4/c19-12-5-6-13(14(20)10-12)15-11-22-17(26-15)8-7-16(23)21-9-3-1-2-4-18(24)25/h5-6,10-11H,1-4,7-9H2,(H,21,23)(H,24,25). The zero-order valence-electron chi connectivity index (χ0n) is 14.1. The molecule has 0 atom stereocenters. The Labute approximate surface area is 161 Å². The lowest BCUT2D eigenvalue weighted by molar-refractivity contribution is -0.137. The van der Waals surface area contributed by atoms with Gasteiger partial charge in [0.25, 0.3) is 0 Å². The Kier molecular flexibility index (Phi) is 7.94. The summed E-state index contributed by atoms with van der Waals surface area (Å²) in [7, 11) is 0. The van der Waals surface area contributed by atoms with Crippen LogP contribution < -0.4 is 5.32 Å². The fourth-order valence-corrected chi connectivity index (χ4v) is 2.86. The van der Waals surface area contributed by atoms with Crippen LogP contribution in [0.25, 0.3) is 11.3 Å². The lowest BCUT2D eigenvalue weighted by Gasteiger charge is -2.04. The summed E-state index contributed by atoms with van der Waals surface area (Å²) < 4.78 is 5.65. The molecule has 2 N–H and O–H groups in total. The number of oxazole rings is 1. The Hall–Kier alpha value is -2.05. The van der Waals surface area contributed by atoms with Crippen molar-refractivity contribution in [2.45, 2.75) is 38.5 Å². The molecule has 0 saturated heterocycles. The molecule has 6 nitrogen and oxygen atoms in total. The number of hydrogen-bond donors (Lipinski definition) is 2. The molecule has 2 rings (SSSR count). The zero-order valence-corrected chi connectivity index (χ0v) is 15.6. The summed E-state index contributed by atoms with van der Waals surface area (Å²) in [5.74, 6) is 0.106. The van der Waals surface area contributed by atoms with Crippen LogP contribution in [-0.4, -0.2) is 28.5 Å². The number of halogens is 2. The van der Waals surface area contributed by atoms with Gasteiger partial charge in [-0.3, -0.25) is 9.59 Å². The lowest BCUT2D eigenvalue weighted by atomic mass is 10.2. The Morgan fingerprint density at radius 1 is 1.15 bits per heavy atom. The van der Waals surface area contributed by atoms with E-state index in [2.05, 4.69) is 10.3 Å². The highest BCUT2D eigenvalue weighted by Crippen LogP contribution is 2.30. The number of unbranched alkanes of at least 4 members (excludes halogenated alkanes) is 2. The Balaban J connectivity index is 1.72. The maximum atomic E-state index is 11.8. The van der Waals surface area contributed by atoms with Gasteiger partial charge in [-0.2, -0.15) is 0 Å². The number of aryl methyl sites for hydroxylation is 1. The molecular formula is C18H20Cl2N2O4. The number of nitrogens with zero attached hydrogens (tertiary/aromatic N) is 1. The monoisotopic (exact) mass is 398 g/mol. The van der Waals surface area contributed by atoms with Crippen molar-refractivity contribution in [3.63, 3.8) is 0 Å². The first-order valence-electron chi connectivity index (χ1n) is 8.34. The number of carboxylic acid groups (broad SMARTS) is 1. The molecule has 1 heterocycles. The smallest absolute Gasteiger partial charge is 0.303 e. The molecule has 2 aromatic rings. The molecule has 0 spiro atoms. The summed E-state index contributed by atoms with van der Waals surface area (Å²) >= 11 is 12.0. The molecule has 0 unspecified atom stereocenters. The number of aliphatic carboxylic acids is 1. The fourth-order valence-electron chi connectivity index (χ4n) is 2.35. The molecule has 140 valence electrons. The van der Waals surface area contributed by atoms with Crippen molar-refractivity contribution in [1.29, 1.82) is 0 Å². The first kappa shape index (κ1) is 20.3. The van der Waals surface area contributed by atoms with Gasteiger partial charge in [0.15, 0.2) is 11.7 Å². The average Bonchev–Trinajstić information content (AvgIpc) is 3.04. The minimum atomic E-state index is -0.792. The number of carbonyl (C=O) groups is 2. The highest BCUT2D eigenvalue weighted by atomic mass is 35.5. The molecular weight excluding hydrogens is 379 g/mol. The molecule has 1 amide bonds. The molecule has 0 aliphatic heterocycles. The third-order valence-corrected chi connectivity index (χ3v) is 4.25. The van der Waals surface area contributed by atoms with Crippen molar-refractivity contribution in [3.8, 4) is 11.3 Å². The molecule has 0 radical (unpaired) electrons. The first-order chi connectivity index (χ1) is 12.5. The number of amides is 1. The van der Waals surface area contributed by atoms with Crippen molar-refractivity contribution < 1.29 is 19.1 Å². The molecule has 1 aromatic heterocycles. The third kappa shape index (κ3) is 6.69. The first-order valence-corrected chi connectivity index (χ1v) is 9.10. The van der Waals surface area contributed by atoms with E-state index in [4.69, 9.17) is 32.7 Å². The van der Waals surface area contributed by atoms with Crippen LogP contribution in [0, 0.1) is 0 Å². The highest BCUT2D eigenvalue weighted by Gasteiger charge is 2.11. The van der Waals surface area contributed by atoms with E-state index in [1.165, 1.54) is 0 Å². The van der Waals surface area contributed by atoms with Crippen LogP contribution >= 0.6 is 23.2 Å². The summed E-state index contributed by atoms with van der Waals surface area (Å²) in [5, 5.41) is 12.4. The Morgan fingerprint density at radius 2 is 1.96 bits per heavy atom. The maximum Gasteiger partial charge on any atom is 0.303 e. The lowest BCUT2D eigenvalue weighted by Crippen LogP contribution is -2.24. The number of carbonyl (C=O) groups excluding carboxylic acids is 1. The summed E-state index contributed by atoms with van der Waals surface area (Å²) in [5.41, 5.74) is 0.695. The Bertz CT molecular complexity index is 761. The van der Waals surface area contributed by atoms with E-state index in [1.807, 2.05) is 0 Å². The largest absolute Gasteiger partial charge is 0.481 e. The van der Waals surface area contributed by atoms with E-state index in [1.54, 1.807) is 24.4 Å². The highest BCUT2D eigenvalue weighted by molar-refractivity contribution is 6.36. The van der Waals surface area contributed by atoms with E-state index >= 15 is 0 Å². The minimum Gasteiger partial charge on any atom is -0.481 e. The van der Waals surface area contributed by atoms with Crippen molar-refractivity contribution >= 4 is 35.1 Å². The van der Waals surface area contributed by atoms with Gasteiger partial charge in [0, 0.05) is 36.4 Å². The van der Waals surface area contributed by atoms with E-state index in [0.717, 1.165) is 12.8 Å². The SMILES string of the molecule is O=C(O)CCCCCNC(=O)CCc1ncc(-c2ccc(Cl)cc2Cl)o1. The van der Waals surface area contributed by atoms with E-state index < -0.39 is 5.97 Å². The third-order valence-electron chi connectivity index (χ3n) is 3.71. The molecule has 26 heavy (non-hydrogen) atoms. The van der Waals surface area contributed by atoms with E-state index in [9.17, 15) is 9.59 Å². The number of rotatable bonds is 10. The fraction of sp³-hybridized carbons (Fsp3) is 0.389. The van der Waals surface area contributed by atoms with Crippen LogP contribution in [0.2, 0.25) is 10.0 Å². The van der Waals surface area contributed by atoms with Crippen molar-refractivity contribution in [2.75, 3.05) is 6.54 Å². The molecule has 0 saturated carbocycles. The number of aromatic nitrogens is 1. The van der Waals surface area contributed by atoms with Crippen molar-refractivity contribution in [3.05, 3.63) is 40.3 Å². The van der Waals surface area contributed by atoms with Gasteiger partial charge in [-0.1, -0.05) is 29.6 Å². The molecule has 8 heteroatoms. The zero-order chi connectivity index (χ0) is 18.9. The predicted octanol–water partition coefficient (Wildman–Crippen LogP) is 4.34. The molecule has 0 fully saturated rings. The van der Waals surface area contributed by atoms with Crippen LogP contribution in [0.1, 0.15) is 38.0 Å². The summed E-state index contributed by atoms with van der Waals surface area (Å²) in [6, 6.07) is 5.10. The van der Waals surface area contributed by atoms with Gasteiger partial charge in [0.1, 0.15) is 0 Å². The van der Waals surface area contributed by atoms with Crippen LogP contribution in [0.15, 0.2) is 28.8 Å². The molecule has 0 aliphatic rings. The number of nitrogens with one attached hydrogen (secondary N) is 1. The van der Waals surface area contributed by atoms with Gasteiger partial charge in [-0.15, -0.1) is 0 Å². The van der Waals surface area contributed by atoms with Gasteiger partial charge in [-0.05, 0) is 31.0 Å². The summed E-state index contributed by atoms with van der Waals surface area (Å²) in [6.45, 7) is 0.537.